The highest BCUT2D eigenvalue weighted by molar-refractivity contribution is 9.10. The molecule has 2 aromatic carbocycles. The quantitative estimate of drug-likeness (QED) is 0.654. The van der Waals surface area contributed by atoms with E-state index in [-0.39, 0.29) is 23.7 Å². The number of benzene rings is 2. The van der Waals surface area contributed by atoms with Crippen LogP contribution in [0.1, 0.15) is 5.56 Å². The largest absolute Gasteiger partial charge is 0.354 e. The first-order valence-electron chi connectivity index (χ1n) is 8.35. The first-order chi connectivity index (χ1) is 13.0. The summed E-state index contributed by atoms with van der Waals surface area (Å²) in [6.45, 7) is 0.647. The van der Waals surface area contributed by atoms with Gasteiger partial charge in [0.25, 0.3) is 5.56 Å². The number of hydrogen-bond donors (Lipinski definition) is 1. The summed E-state index contributed by atoms with van der Waals surface area (Å²) in [5.74, 6) is -0.452. The van der Waals surface area contributed by atoms with Crippen molar-refractivity contribution in [2.24, 2.45) is 0 Å². The monoisotopic (exact) mass is 429 g/mol. The van der Waals surface area contributed by atoms with Crippen LogP contribution in [0.2, 0.25) is 0 Å². The Morgan fingerprint density at radius 3 is 2.48 bits per heavy atom. The average Bonchev–Trinajstić information content (AvgIpc) is 2.65. The Morgan fingerprint density at radius 1 is 1.11 bits per heavy atom. The second-order valence-corrected chi connectivity index (χ2v) is 6.88. The van der Waals surface area contributed by atoms with Crippen molar-refractivity contribution >= 4 is 21.8 Å². The van der Waals surface area contributed by atoms with E-state index in [2.05, 4.69) is 26.2 Å². The van der Waals surface area contributed by atoms with E-state index in [0.717, 1.165) is 10.0 Å². The molecule has 7 heteroatoms. The molecule has 5 nitrogen and oxygen atoms in total. The Morgan fingerprint density at radius 2 is 1.81 bits per heavy atom. The number of hydrogen-bond acceptors (Lipinski definition) is 3. The Labute approximate surface area is 164 Å². The number of aromatic nitrogens is 2. The molecule has 0 fully saturated rings. The molecule has 138 valence electrons. The van der Waals surface area contributed by atoms with Crippen LogP contribution in [-0.4, -0.2) is 22.0 Å². The maximum absolute atomic E-state index is 13.0. The number of carbonyl (C=O) groups is 1. The molecule has 1 amide bonds. The van der Waals surface area contributed by atoms with Crippen molar-refractivity contribution in [3.63, 3.8) is 0 Å². The second-order valence-electron chi connectivity index (χ2n) is 5.97. The fraction of sp³-hybridized carbons (Fsp3) is 0.150. The molecule has 0 aliphatic rings. The van der Waals surface area contributed by atoms with Gasteiger partial charge in [0, 0.05) is 29.2 Å². The van der Waals surface area contributed by atoms with Crippen LogP contribution in [0.25, 0.3) is 11.3 Å². The maximum Gasteiger partial charge on any atom is 0.253 e. The average molecular weight is 430 g/mol. The molecular weight excluding hydrogens is 413 g/mol. The minimum atomic E-state index is -0.342. The summed E-state index contributed by atoms with van der Waals surface area (Å²) in [4.78, 5) is 28.4. The van der Waals surface area contributed by atoms with Crippen molar-refractivity contribution in [3.8, 4) is 11.3 Å². The summed E-state index contributed by atoms with van der Waals surface area (Å²) in [6, 6.07) is 14.7. The summed E-state index contributed by atoms with van der Waals surface area (Å²) in [7, 11) is 0. The first-order valence-corrected chi connectivity index (χ1v) is 9.14. The normalized spacial score (nSPS) is 10.6. The van der Waals surface area contributed by atoms with E-state index in [1.54, 1.807) is 12.1 Å². The lowest BCUT2D eigenvalue weighted by atomic mass is 10.1. The second kappa shape index (κ2) is 8.73. The molecule has 0 atom stereocenters. The van der Waals surface area contributed by atoms with E-state index in [1.807, 2.05) is 24.3 Å². The third-order valence-electron chi connectivity index (χ3n) is 3.97. The van der Waals surface area contributed by atoms with E-state index in [4.69, 9.17) is 0 Å². The van der Waals surface area contributed by atoms with Crippen molar-refractivity contribution in [1.29, 1.82) is 0 Å². The molecule has 0 radical (unpaired) electrons. The zero-order valence-corrected chi connectivity index (χ0v) is 15.9. The molecule has 27 heavy (non-hydrogen) atoms. The van der Waals surface area contributed by atoms with Gasteiger partial charge in [-0.15, -0.1) is 0 Å². The summed E-state index contributed by atoms with van der Waals surface area (Å²) >= 11 is 3.35. The van der Waals surface area contributed by atoms with E-state index < -0.39 is 0 Å². The number of nitrogens with one attached hydrogen (secondary N) is 1. The predicted octanol–water partition coefficient (Wildman–Crippen LogP) is 3.17. The number of halogens is 2. The van der Waals surface area contributed by atoms with Crippen molar-refractivity contribution < 1.29 is 9.18 Å². The lowest BCUT2D eigenvalue weighted by Gasteiger charge is -2.08. The number of rotatable bonds is 6. The lowest BCUT2D eigenvalue weighted by Crippen LogP contribution is -2.31. The highest BCUT2D eigenvalue weighted by atomic mass is 79.9. The maximum atomic E-state index is 13.0. The summed E-state index contributed by atoms with van der Waals surface area (Å²) in [5.41, 5.74) is 1.84. The van der Waals surface area contributed by atoms with Crippen molar-refractivity contribution in [2.45, 2.75) is 13.0 Å². The molecule has 0 aliphatic carbocycles. The molecule has 0 aliphatic heterocycles. The van der Waals surface area contributed by atoms with Gasteiger partial charge >= 0.3 is 0 Å². The minimum absolute atomic E-state index is 0.110. The molecule has 1 N–H and O–H groups in total. The summed E-state index contributed by atoms with van der Waals surface area (Å²) in [6.07, 6.45) is 1.71. The highest BCUT2D eigenvalue weighted by Gasteiger charge is 2.06. The molecule has 0 spiro atoms. The fourth-order valence-corrected chi connectivity index (χ4v) is 2.80. The summed E-state index contributed by atoms with van der Waals surface area (Å²) in [5, 5.41) is 2.79. The van der Waals surface area contributed by atoms with E-state index in [9.17, 15) is 14.0 Å². The third kappa shape index (κ3) is 5.34. The van der Waals surface area contributed by atoms with Gasteiger partial charge in [-0.25, -0.2) is 9.37 Å². The van der Waals surface area contributed by atoms with Gasteiger partial charge in [-0.3, -0.25) is 14.2 Å². The van der Waals surface area contributed by atoms with Crippen LogP contribution in [0.5, 0.6) is 0 Å². The molecule has 0 unspecified atom stereocenters. The van der Waals surface area contributed by atoms with E-state index in [0.29, 0.717) is 24.3 Å². The van der Waals surface area contributed by atoms with Gasteiger partial charge in [-0.2, -0.15) is 0 Å². The molecule has 0 saturated heterocycles. The van der Waals surface area contributed by atoms with Gasteiger partial charge in [0.15, 0.2) is 0 Å². The van der Waals surface area contributed by atoms with Crippen LogP contribution in [0.15, 0.2) is 70.2 Å². The molecule has 1 heterocycles. The van der Waals surface area contributed by atoms with Gasteiger partial charge in [0.2, 0.25) is 5.91 Å². The molecule has 3 rings (SSSR count). The minimum Gasteiger partial charge on any atom is -0.354 e. The smallest absolute Gasteiger partial charge is 0.253 e. The van der Waals surface area contributed by atoms with Crippen LogP contribution in [-0.2, 0) is 17.8 Å². The Balaban J connectivity index is 1.55. The van der Waals surface area contributed by atoms with Crippen molar-refractivity contribution in [1.82, 2.24) is 14.9 Å². The molecule has 3 aromatic rings. The van der Waals surface area contributed by atoms with Gasteiger partial charge in [-0.05, 0) is 42.0 Å². The van der Waals surface area contributed by atoms with Crippen LogP contribution >= 0.6 is 15.9 Å². The van der Waals surface area contributed by atoms with Crippen LogP contribution in [0.4, 0.5) is 4.39 Å². The molecule has 1 aromatic heterocycles. The van der Waals surface area contributed by atoms with Crippen LogP contribution in [0.3, 0.4) is 0 Å². The standard InChI is InChI=1S/C20H17BrFN3O2/c21-16-5-1-14(2-6-16)11-19(26)23-9-10-25-13-24-18(12-20(25)27)15-3-7-17(22)8-4-15/h1-8,12-13H,9-11H2,(H,23,26). The van der Waals surface area contributed by atoms with Gasteiger partial charge in [0.05, 0.1) is 18.4 Å². The van der Waals surface area contributed by atoms with Gasteiger partial charge in [-0.1, -0.05) is 28.1 Å². The topological polar surface area (TPSA) is 64.0 Å². The first kappa shape index (κ1) is 19.0. The summed E-state index contributed by atoms with van der Waals surface area (Å²) < 4.78 is 15.4. The zero-order valence-electron chi connectivity index (χ0n) is 14.4. The van der Waals surface area contributed by atoms with Gasteiger partial charge < -0.3 is 5.32 Å². The third-order valence-corrected chi connectivity index (χ3v) is 4.50. The Hall–Kier alpha value is -2.80. The predicted molar refractivity (Wildman–Crippen MR) is 105 cm³/mol. The molecule has 0 bridgehead atoms. The Kier molecular flexibility index (Phi) is 6.13. The number of nitrogens with zero attached hydrogens (tertiary/aromatic N) is 2. The number of carbonyl (C=O) groups excluding carboxylic acids is 1. The number of amides is 1. The Bertz CT molecular complexity index is 985. The van der Waals surface area contributed by atoms with Crippen LogP contribution < -0.4 is 10.9 Å². The lowest BCUT2D eigenvalue weighted by molar-refractivity contribution is -0.120. The SMILES string of the molecule is O=C(Cc1ccc(Br)cc1)NCCn1cnc(-c2ccc(F)cc2)cc1=O. The molecular formula is C20H17BrFN3O2. The zero-order chi connectivity index (χ0) is 19.2. The van der Waals surface area contributed by atoms with E-state index >= 15 is 0 Å². The van der Waals surface area contributed by atoms with E-state index in [1.165, 1.54) is 29.1 Å². The van der Waals surface area contributed by atoms with Crippen LogP contribution in [0, 0.1) is 5.82 Å². The van der Waals surface area contributed by atoms with Crippen molar-refractivity contribution in [3.05, 3.63) is 87.1 Å². The highest BCUT2D eigenvalue weighted by Crippen LogP contribution is 2.15. The molecule has 0 saturated carbocycles. The van der Waals surface area contributed by atoms with Gasteiger partial charge in [0.1, 0.15) is 5.82 Å². The van der Waals surface area contributed by atoms with Crippen molar-refractivity contribution in [2.75, 3.05) is 6.54 Å². The fourth-order valence-electron chi connectivity index (χ4n) is 2.54.